The third kappa shape index (κ3) is 7.32. The zero-order valence-corrected chi connectivity index (χ0v) is 18.6. The van der Waals surface area contributed by atoms with Gasteiger partial charge in [-0.1, -0.05) is 53.5 Å². The van der Waals surface area contributed by atoms with Crippen molar-refractivity contribution < 1.29 is 26.4 Å². The molecule has 0 aromatic heterocycles. The van der Waals surface area contributed by atoms with E-state index in [1.165, 1.54) is 11.6 Å². The second kappa shape index (κ2) is 11.0. The van der Waals surface area contributed by atoms with Crippen LogP contribution in [0.3, 0.4) is 0 Å². The molecule has 2 aromatic rings. The molecular formula is C22H25Cl3N2O2. The number of nitrogens with one attached hydrogen (secondary N) is 1. The van der Waals surface area contributed by atoms with Gasteiger partial charge in [-0.15, -0.1) is 0 Å². The van der Waals surface area contributed by atoms with Gasteiger partial charge >= 0.3 is 0 Å². The Balaban J connectivity index is 0.00000300. The van der Waals surface area contributed by atoms with Crippen LogP contribution in [0, 0.1) is 0 Å². The van der Waals surface area contributed by atoms with Gasteiger partial charge < -0.3 is 26.9 Å². The molecule has 1 fully saturated rings. The number of ether oxygens (including phenoxy) is 1. The van der Waals surface area contributed by atoms with E-state index in [1.54, 1.807) is 18.2 Å². The fourth-order valence-electron chi connectivity index (χ4n) is 3.18. The summed E-state index contributed by atoms with van der Waals surface area (Å²) in [7, 11) is 2.27. The highest BCUT2D eigenvalue weighted by Crippen LogP contribution is 2.23. The molecule has 1 heterocycles. The summed E-state index contributed by atoms with van der Waals surface area (Å²) in [6.07, 6.45) is 3.21. The highest BCUT2D eigenvalue weighted by atomic mass is 35.5. The number of likely N-dealkylation sites (N-methyl/N-ethyl adjacent to an activating group) is 1. The van der Waals surface area contributed by atoms with Gasteiger partial charge in [-0.2, -0.15) is 0 Å². The SMILES string of the molecule is C[N+]1(Cc2ccc(CNC(=O)/C=C/c3ccc(Cl)c(Cl)c3)cc2)CCOCC1.[Cl-]. The van der Waals surface area contributed by atoms with Crippen molar-refractivity contribution in [3.63, 3.8) is 0 Å². The molecule has 4 nitrogen and oxygen atoms in total. The largest absolute Gasteiger partial charge is 1.00 e. The molecule has 1 aliphatic rings. The first-order valence-corrected chi connectivity index (χ1v) is 10.1. The molecule has 0 atom stereocenters. The van der Waals surface area contributed by atoms with Gasteiger partial charge in [0.25, 0.3) is 0 Å². The van der Waals surface area contributed by atoms with Crippen LogP contribution in [0.4, 0.5) is 0 Å². The Kier molecular flexibility index (Phi) is 9.00. The molecular weight excluding hydrogens is 431 g/mol. The smallest absolute Gasteiger partial charge is 0.244 e. The normalized spacial score (nSPS) is 15.7. The van der Waals surface area contributed by atoms with Crippen LogP contribution >= 0.6 is 23.2 Å². The molecule has 1 saturated heterocycles. The lowest BCUT2D eigenvalue weighted by Crippen LogP contribution is -3.00. The first kappa shape index (κ1) is 23.7. The Morgan fingerprint density at radius 3 is 2.38 bits per heavy atom. The maximum atomic E-state index is 12.0. The Bertz CT molecular complexity index is 848. The predicted molar refractivity (Wildman–Crippen MR) is 114 cm³/mol. The number of carbonyl (C=O) groups is 1. The van der Waals surface area contributed by atoms with Crippen molar-refractivity contribution in [3.8, 4) is 0 Å². The van der Waals surface area contributed by atoms with Gasteiger partial charge in [0.2, 0.25) is 5.91 Å². The van der Waals surface area contributed by atoms with Crippen molar-refractivity contribution in [1.82, 2.24) is 5.32 Å². The maximum Gasteiger partial charge on any atom is 0.244 e. The first-order chi connectivity index (χ1) is 13.4. The zero-order chi connectivity index (χ0) is 20.0. The van der Waals surface area contributed by atoms with E-state index in [4.69, 9.17) is 27.9 Å². The lowest BCUT2D eigenvalue weighted by atomic mass is 10.1. The van der Waals surface area contributed by atoms with E-state index in [0.29, 0.717) is 16.6 Å². The number of halogens is 3. The van der Waals surface area contributed by atoms with E-state index in [1.807, 2.05) is 6.07 Å². The fourth-order valence-corrected chi connectivity index (χ4v) is 3.49. The van der Waals surface area contributed by atoms with Crippen LogP contribution < -0.4 is 17.7 Å². The van der Waals surface area contributed by atoms with E-state index in [0.717, 1.165) is 48.5 Å². The molecule has 0 radical (unpaired) electrons. The molecule has 156 valence electrons. The maximum absolute atomic E-state index is 12.0. The van der Waals surface area contributed by atoms with Crippen molar-refractivity contribution in [2.45, 2.75) is 13.1 Å². The number of hydrogen-bond acceptors (Lipinski definition) is 2. The molecule has 7 heteroatoms. The highest BCUT2D eigenvalue weighted by Gasteiger charge is 2.25. The topological polar surface area (TPSA) is 38.3 Å². The van der Waals surface area contributed by atoms with Gasteiger partial charge in [-0.05, 0) is 29.3 Å². The number of carbonyl (C=O) groups excluding carboxylic acids is 1. The quantitative estimate of drug-likeness (QED) is 0.527. The fraction of sp³-hybridized carbons (Fsp3) is 0.318. The summed E-state index contributed by atoms with van der Waals surface area (Å²) in [6.45, 7) is 5.24. The molecule has 0 saturated carbocycles. The minimum atomic E-state index is -0.151. The summed E-state index contributed by atoms with van der Waals surface area (Å²) in [6, 6.07) is 13.7. The molecule has 29 heavy (non-hydrogen) atoms. The molecule has 0 bridgehead atoms. The van der Waals surface area contributed by atoms with Crippen molar-refractivity contribution in [3.05, 3.63) is 75.3 Å². The average Bonchev–Trinajstić information content (AvgIpc) is 2.68. The molecule has 1 N–H and O–H groups in total. The molecule has 0 aliphatic carbocycles. The third-order valence-electron chi connectivity index (χ3n) is 4.98. The van der Waals surface area contributed by atoms with Crippen molar-refractivity contribution in [2.75, 3.05) is 33.4 Å². The van der Waals surface area contributed by atoms with Gasteiger partial charge in [0.05, 0.1) is 30.3 Å². The van der Waals surface area contributed by atoms with Crippen LogP contribution in [0.2, 0.25) is 10.0 Å². The summed E-state index contributed by atoms with van der Waals surface area (Å²) < 4.78 is 6.47. The lowest BCUT2D eigenvalue weighted by Gasteiger charge is -2.37. The Morgan fingerprint density at radius 2 is 1.72 bits per heavy atom. The van der Waals surface area contributed by atoms with Gasteiger partial charge in [-0.3, -0.25) is 4.79 Å². The number of benzene rings is 2. The number of rotatable bonds is 6. The standard InChI is InChI=1S/C22H24Cl2N2O2.ClH/c1-26(10-12-28-13-11-26)16-19-4-2-18(3-5-19)15-25-22(27)9-7-17-6-8-20(23)21(24)14-17;/h2-9,14H,10-13,15-16H2,1H3;1H/b9-7+;. The zero-order valence-electron chi connectivity index (χ0n) is 16.3. The molecule has 1 aliphatic heterocycles. The van der Waals surface area contributed by atoms with Crippen LogP contribution in [-0.4, -0.2) is 43.7 Å². The van der Waals surface area contributed by atoms with Crippen LogP contribution in [-0.2, 0) is 22.6 Å². The van der Waals surface area contributed by atoms with E-state index < -0.39 is 0 Å². The van der Waals surface area contributed by atoms with Gasteiger partial charge in [0, 0.05) is 18.2 Å². The van der Waals surface area contributed by atoms with Crippen LogP contribution in [0.1, 0.15) is 16.7 Å². The summed E-state index contributed by atoms with van der Waals surface area (Å²) in [5.41, 5.74) is 3.21. The first-order valence-electron chi connectivity index (χ1n) is 9.34. The average molecular weight is 456 g/mol. The predicted octanol–water partition coefficient (Wildman–Crippen LogP) is 1.30. The highest BCUT2D eigenvalue weighted by molar-refractivity contribution is 6.42. The minimum Gasteiger partial charge on any atom is -1.00 e. The number of amides is 1. The van der Waals surface area contributed by atoms with E-state index >= 15 is 0 Å². The molecule has 1 amide bonds. The second-order valence-electron chi connectivity index (χ2n) is 7.38. The number of quaternary nitrogens is 1. The van der Waals surface area contributed by atoms with Crippen LogP contribution in [0.5, 0.6) is 0 Å². The monoisotopic (exact) mass is 454 g/mol. The van der Waals surface area contributed by atoms with Crippen molar-refractivity contribution >= 4 is 35.2 Å². The van der Waals surface area contributed by atoms with E-state index in [2.05, 4.69) is 36.6 Å². The third-order valence-corrected chi connectivity index (χ3v) is 5.71. The van der Waals surface area contributed by atoms with E-state index in [-0.39, 0.29) is 18.3 Å². The number of morpholine rings is 1. The van der Waals surface area contributed by atoms with Crippen LogP contribution in [0.15, 0.2) is 48.5 Å². The van der Waals surface area contributed by atoms with Gasteiger partial charge in [0.1, 0.15) is 19.6 Å². The minimum absolute atomic E-state index is 0. The molecule has 3 rings (SSSR count). The Hall–Kier alpha value is -1.56. The lowest BCUT2D eigenvalue weighted by molar-refractivity contribution is -0.929. The Labute approximate surface area is 188 Å². The van der Waals surface area contributed by atoms with E-state index in [9.17, 15) is 4.79 Å². The van der Waals surface area contributed by atoms with Crippen molar-refractivity contribution in [2.24, 2.45) is 0 Å². The number of nitrogens with zero attached hydrogens (tertiary/aromatic N) is 1. The molecule has 0 spiro atoms. The molecule has 2 aromatic carbocycles. The Morgan fingerprint density at radius 1 is 1.07 bits per heavy atom. The van der Waals surface area contributed by atoms with Gasteiger partial charge in [0.15, 0.2) is 0 Å². The second-order valence-corrected chi connectivity index (χ2v) is 8.19. The summed E-state index contributed by atoms with van der Waals surface area (Å²) >= 11 is 11.9. The van der Waals surface area contributed by atoms with Crippen LogP contribution in [0.25, 0.3) is 6.08 Å². The summed E-state index contributed by atoms with van der Waals surface area (Å²) in [5.74, 6) is -0.151. The van der Waals surface area contributed by atoms with Crippen molar-refractivity contribution in [1.29, 1.82) is 0 Å². The molecule has 0 unspecified atom stereocenters. The van der Waals surface area contributed by atoms with Gasteiger partial charge in [-0.25, -0.2) is 0 Å². The number of hydrogen-bond donors (Lipinski definition) is 1. The summed E-state index contributed by atoms with van der Waals surface area (Å²) in [5, 5.41) is 3.86. The summed E-state index contributed by atoms with van der Waals surface area (Å²) in [4.78, 5) is 12.0.